The number of halogens is 4. The van der Waals surface area contributed by atoms with E-state index in [1.54, 1.807) is 12.3 Å². The highest BCUT2D eigenvalue weighted by Crippen LogP contribution is 2.39. The van der Waals surface area contributed by atoms with E-state index in [1.165, 1.54) is 6.07 Å². The van der Waals surface area contributed by atoms with Crippen molar-refractivity contribution in [2.45, 2.75) is 24.6 Å². The minimum atomic E-state index is -4.51. The first kappa shape index (κ1) is 14.0. The number of aromatic nitrogens is 1. The summed E-state index contributed by atoms with van der Waals surface area (Å²) < 4.78 is 51.8. The van der Waals surface area contributed by atoms with Gasteiger partial charge >= 0.3 is 6.18 Å². The molecular weight excluding hydrogens is 284 g/mol. The molecule has 0 spiro atoms. The van der Waals surface area contributed by atoms with Crippen LogP contribution in [0.3, 0.4) is 0 Å². The lowest BCUT2D eigenvalue weighted by atomic mass is 10.1. The van der Waals surface area contributed by atoms with Crippen molar-refractivity contribution in [1.82, 2.24) is 4.98 Å². The van der Waals surface area contributed by atoms with Gasteiger partial charge in [0.2, 0.25) is 0 Å². The summed E-state index contributed by atoms with van der Waals surface area (Å²) >= 11 is 0. The molecule has 1 aromatic carbocycles. The van der Waals surface area contributed by atoms with Crippen molar-refractivity contribution in [3.63, 3.8) is 0 Å². The zero-order valence-corrected chi connectivity index (χ0v) is 10.9. The van der Waals surface area contributed by atoms with E-state index in [0.29, 0.717) is 0 Å². The van der Waals surface area contributed by atoms with E-state index >= 15 is 0 Å². The molecule has 110 valence electrons. The number of rotatable bonds is 2. The lowest BCUT2D eigenvalue weighted by Gasteiger charge is -2.10. The molecule has 0 amide bonds. The molecule has 1 heterocycles. The Morgan fingerprint density at radius 2 is 1.86 bits per heavy atom. The number of alkyl halides is 3. The second kappa shape index (κ2) is 4.80. The van der Waals surface area contributed by atoms with E-state index < -0.39 is 17.6 Å². The molecule has 2 aromatic rings. The lowest BCUT2D eigenvalue weighted by Crippen LogP contribution is -2.05. The third kappa shape index (κ3) is 2.76. The predicted octanol–water partition coefficient (Wildman–Crippen LogP) is 3.72. The third-order valence-electron chi connectivity index (χ3n) is 3.62. The van der Waals surface area contributed by atoms with Gasteiger partial charge in [-0.1, -0.05) is 6.07 Å². The first-order chi connectivity index (χ1) is 9.86. The van der Waals surface area contributed by atoms with Gasteiger partial charge in [0.15, 0.2) is 0 Å². The van der Waals surface area contributed by atoms with Gasteiger partial charge in [-0.2, -0.15) is 13.2 Å². The molecular formula is C15H12F4N2. The molecule has 1 aliphatic carbocycles. The second-order valence-electron chi connectivity index (χ2n) is 5.18. The van der Waals surface area contributed by atoms with E-state index in [4.69, 9.17) is 5.73 Å². The maximum Gasteiger partial charge on any atom is 0.416 e. The molecule has 1 aromatic heterocycles. The number of hydrogen-bond acceptors (Lipinski definition) is 2. The van der Waals surface area contributed by atoms with Crippen molar-refractivity contribution in [3.8, 4) is 11.3 Å². The number of pyridine rings is 1. The minimum Gasteiger partial charge on any atom is -0.327 e. The van der Waals surface area contributed by atoms with Crippen LogP contribution in [0.1, 0.15) is 23.5 Å². The normalized spacial score (nSPS) is 21.4. The minimum absolute atomic E-state index is 0.114. The van der Waals surface area contributed by atoms with E-state index in [9.17, 15) is 17.6 Å². The molecule has 2 atom stereocenters. The van der Waals surface area contributed by atoms with Crippen molar-refractivity contribution in [1.29, 1.82) is 0 Å². The summed E-state index contributed by atoms with van der Waals surface area (Å²) in [5, 5.41) is 0. The van der Waals surface area contributed by atoms with Crippen LogP contribution >= 0.6 is 0 Å². The van der Waals surface area contributed by atoms with Crippen molar-refractivity contribution in [2.24, 2.45) is 5.73 Å². The Balaban J connectivity index is 1.96. The molecule has 0 aliphatic heterocycles. The number of benzene rings is 1. The molecule has 6 heteroatoms. The number of nitrogens with zero attached hydrogens (tertiary/aromatic N) is 1. The molecule has 2 nitrogen and oxygen atoms in total. The van der Waals surface area contributed by atoms with E-state index in [0.717, 1.165) is 30.2 Å². The van der Waals surface area contributed by atoms with Crippen LogP contribution in [0.25, 0.3) is 11.3 Å². The van der Waals surface area contributed by atoms with Gasteiger partial charge < -0.3 is 5.73 Å². The molecule has 0 saturated heterocycles. The van der Waals surface area contributed by atoms with Gasteiger partial charge in [0.25, 0.3) is 0 Å². The summed E-state index contributed by atoms with van der Waals surface area (Å²) in [5.41, 5.74) is 5.78. The molecule has 21 heavy (non-hydrogen) atoms. The average molecular weight is 296 g/mol. The Morgan fingerprint density at radius 3 is 2.38 bits per heavy atom. The standard InChI is InChI=1S/C15H12F4N2/c16-12-3-2-9(15(17,18)19)5-11(12)14-4-1-8(7-21-14)10-6-13(10)20/h1-5,7,10,13H,6,20H2/t10-,13+/m0/s1. The quantitative estimate of drug-likeness (QED) is 0.858. The second-order valence-corrected chi connectivity index (χ2v) is 5.18. The highest BCUT2D eigenvalue weighted by Gasteiger charge is 2.35. The molecule has 1 aliphatic rings. The summed E-state index contributed by atoms with van der Waals surface area (Å²) in [7, 11) is 0. The maximum absolute atomic E-state index is 13.7. The molecule has 2 N–H and O–H groups in total. The van der Waals surface area contributed by atoms with Crippen LogP contribution in [-0.4, -0.2) is 11.0 Å². The number of nitrogens with two attached hydrogens (primary N) is 1. The van der Waals surface area contributed by atoms with Gasteiger partial charge in [0, 0.05) is 23.7 Å². The zero-order valence-electron chi connectivity index (χ0n) is 10.9. The van der Waals surface area contributed by atoms with E-state index in [1.807, 2.05) is 0 Å². The van der Waals surface area contributed by atoms with Crippen molar-refractivity contribution in [3.05, 3.63) is 53.5 Å². The third-order valence-corrected chi connectivity index (χ3v) is 3.62. The first-order valence-electron chi connectivity index (χ1n) is 6.45. The highest BCUT2D eigenvalue weighted by atomic mass is 19.4. The average Bonchev–Trinajstić information content (AvgIpc) is 3.15. The van der Waals surface area contributed by atoms with Gasteiger partial charge in [-0.05, 0) is 36.2 Å². The summed E-state index contributed by atoms with van der Waals surface area (Å²) in [4.78, 5) is 4.07. The molecule has 3 rings (SSSR count). The van der Waals surface area contributed by atoms with E-state index in [-0.39, 0.29) is 23.2 Å². The highest BCUT2D eigenvalue weighted by molar-refractivity contribution is 5.61. The summed E-state index contributed by atoms with van der Waals surface area (Å²) in [6, 6.07) is 5.68. The van der Waals surface area contributed by atoms with Crippen molar-refractivity contribution < 1.29 is 17.6 Å². The fourth-order valence-corrected chi connectivity index (χ4v) is 2.28. The summed E-state index contributed by atoms with van der Waals surface area (Å²) in [5.74, 6) is -0.482. The Labute approximate surface area is 118 Å². The smallest absolute Gasteiger partial charge is 0.327 e. The Morgan fingerprint density at radius 1 is 1.14 bits per heavy atom. The Bertz CT molecular complexity index is 664. The summed E-state index contributed by atoms with van der Waals surface area (Å²) in [6.07, 6.45) is -2.09. The molecule has 1 saturated carbocycles. The largest absolute Gasteiger partial charge is 0.416 e. The zero-order chi connectivity index (χ0) is 15.2. The van der Waals surface area contributed by atoms with Gasteiger partial charge in [-0.3, -0.25) is 4.98 Å². The topological polar surface area (TPSA) is 38.9 Å². The van der Waals surface area contributed by atoms with Crippen LogP contribution in [0, 0.1) is 5.82 Å². The van der Waals surface area contributed by atoms with Gasteiger partial charge in [0.1, 0.15) is 5.82 Å². The monoisotopic (exact) mass is 296 g/mol. The van der Waals surface area contributed by atoms with Gasteiger partial charge in [-0.25, -0.2) is 4.39 Å². The fraction of sp³-hybridized carbons (Fsp3) is 0.267. The SMILES string of the molecule is N[C@@H]1C[C@H]1c1ccc(-c2cc(C(F)(F)F)ccc2F)nc1. The molecule has 0 radical (unpaired) electrons. The van der Waals surface area contributed by atoms with Crippen molar-refractivity contribution in [2.75, 3.05) is 0 Å². The predicted molar refractivity (Wildman–Crippen MR) is 70.0 cm³/mol. The molecule has 1 fully saturated rings. The molecule has 0 bridgehead atoms. The fourth-order valence-electron chi connectivity index (χ4n) is 2.28. The Hall–Kier alpha value is -1.95. The van der Waals surface area contributed by atoms with E-state index in [2.05, 4.69) is 4.98 Å². The van der Waals surface area contributed by atoms with Crippen LogP contribution in [0.4, 0.5) is 17.6 Å². The molecule has 0 unspecified atom stereocenters. The van der Waals surface area contributed by atoms with Crippen LogP contribution in [0.5, 0.6) is 0 Å². The summed E-state index contributed by atoms with van der Waals surface area (Å²) in [6.45, 7) is 0. The van der Waals surface area contributed by atoms with Crippen LogP contribution in [0.2, 0.25) is 0 Å². The lowest BCUT2D eigenvalue weighted by molar-refractivity contribution is -0.137. The Kier molecular flexibility index (Phi) is 3.20. The van der Waals surface area contributed by atoms with Gasteiger partial charge in [-0.15, -0.1) is 0 Å². The van der Waals surface area contributed by atoms with Crippen molar-refractivity contribution >= 4 is 0 Å². The van der Waals surface area contributed by atoms with Crippen LogP contribution < -0.4 is 5.73 Å². The van der Waals surface area contributed by atoms with Crippen LogP contribution in [0.15, 0.2) is 36.5 Å². The van der Waals surface area contributed by atoms with Gasteiger partial charge in [0.05, 0.1) is 11.3 Å². The van der Waals surface area contributed by atoms with Crippen LogP contribution in [-0.2, 0) is 6.18 Å². The number of hydrogen-bond donors (Lipinski definition) is 1. The first-order valence-corrected chi connectivity index (χ1v) is 6.45. The maximum atomic E-state index is 13.7.